The van der Waals surface area contributed by atoms with E-state index in [-0.39, 0.29) is 5.75 Å². The van der Waals surface area contributed by atoms with E-state index in [0.29, 0.717) is 34.4 Å². The van der Waals surface area contributed by atoms with Gasteiger partial charge in [0.15, 0.2) is 0 Å². The van der Waals surface area contributed by atoms with Crippen LogP contribution in [0.25, 0.3) is 0 Å². The molecule has 0 saturated heterocycles. The van der Waals surface area contributed by atoms with Crippen LogP contribution in [-0.4, -0.2) is 29.5 Å². The standard InChI is InChI=1S/C6H3Cl2O.In.2H/c7-4-2-1-3-5(8)6(4)9;;;/h1-2,9H;;;. The van der Waals surface area contributed by atoms with Gasteiger partial charge in [0.2, 0.25) is 0 Å². The molecule has 52 valence electrons. The molecule has 0 saturated carbocycles. The maximum atomic E-state index is 9.16. The fourth-order valence-electron chi connectivity index (χ4n) is 0.642. The Morgan fingerprint density at radius 1 is 1.30 bits per heavy atom. The van der Waals surface area contributed by atoms with Crippen LogP contribution in [0.5, 0.6) is 5.75 Å². The molecule has 0 aliphatic rings. The SMILES string of the molecule is Oc1c(Cl)cc[c]([InH2])c1Cl. The van der Waals surface area contributed by atoms with Crippen LogP contribution in [0.1, 0.15) is 0 Å². The van der Waals surface area contributed by atoms with Crippen molar-refractivity contribution < 1.29 is 5.11 Å². The van der Waals surface area contributed by atoms with E-state index in [4.69, 9.17) is 28.3 Å². The third kappa shape index (κ3) is 1.55. The normalized spacial score (nSPS) is 9.80. The molecule has 0 atom stereocenters. The molecule has 1 rings (SSSR count). The van der Waals surface area contributed by atoms with E-state index in [1.807, 2.05) is 6.07 Å². The topological polar surface area (TPSA) is 20.2 Å². The van der Waals surface area contributed by atoms with Crippen molar-refractivity contribution in [3.63, 3.8) is 0 Å². The molecule has 4 heteroatoms. The molecule has 0 unspecified atom stereocenters. The first-order valence-electron chi connectivity index (χ1n) is 2.76. The minimum atomic E-state index is 0.0139. The first-order valence-corrected chi connectivity index (χ1v) is 6.37. The summed E-state index contributed by atoms with van der Waals surface area (Å²) in [5, 5.41) is 9.90. The quantitative estimate of drug-likeness (QED) is 0.750. The Balaban J connectivity index is 3.34. The molecule has 0 aliphatic heterocycles. The summed E-state index contributed by atoms with van der Waals surface area (Å²) in [7, 11) is 0. The summed E-state index contributed by atoms with van der Waals surface area (Å²) >= 11 is 11.6. The minimum absolute atomic E-state index is 0.0139. The fraction of sp³-hybridized carbons (Fsp3) is 0. The van der Waals surface area contributed by atoms with Crippen LogP contribution >= 0.6 is 23.2 Å². The van der Waals surface area contributed by atoms with Gasteiger partial charge in [0.1, 0.15) is 0 Å². The van der Waals surface area contributed by atoms with Crippen molar-refractivity contribution in [1.29, 1.82) is 0 Å². The van der Waals surface area contributed by atoms with Crippen LogP contribution in [0.2, 0.25) is 10.0 Å². The Hall–Kier alpha value is 0.470. The molecular weight excluding hydrogens is 274 g/mol. The summed E-state index contributed by atoms with van der Waals surface area (Å²) < 4.78 is 1.03. The van der Waals surface area contributed by atoms with Crippen molar-refractivity contribution in [1.82, 2.24) is 0 Å². The summed E-state index contributed by atoms with van der Waals surface area (Å²) in [5.41, 5.74) is 0. The van der Waals surface area contributed by atoms with E-state index >= 15 is 0 Å². The van der Waals surface area contributed by atoms with Crippen LogP contribution in [0.3, 0.4) is 0 Å². The predicted octanol–water partition coefficient (Wildman–Crippen LogP) is 0.957. The molecule has 0 fully saturated rings. The molecule has 0 bridgehead atoms. The number of aromatic hydroxyl groups is 1. The van der Waals surface area contributed by atoms with Gasteiger partial charge in [-0.2, -0.15) is 0 Å². The summed E-state index contributed by atoms with van der Waals surface area (Å²) in [6.45, 7) is 0. The van der Waals surface area contributed by atoms with Gasteiger partial charge in [-0.25, -0.2) is 0 Å². The second kappa shape index (κ2) is 3.24. The third-order valence-electron chi connectivity index (χ3n) is 1.26. The van der Waals surface area contributed by atoms with Crippen molar-refractivity contribution in [2.24, 2.45) is 0 Å². The second-order valence-electron chi connectivity index (χ2n) is 2.03. The Morgan fingerprint density at radius 3 is 2.40 bits per heavy atom. The average molecular weight is 279 g/mol. The van der Waals surface area contributed by atoms with E-state index in [2.05, 4.69) is 0 Å². The average Bonchev–Trinajstić information content (AvgIpc) is 1.93. The molecule has 0 aliphatic carbocycles. The molecule has 1 nitrogen and oxygen atoms in total. The van der Waals surface area contributed by atoms with Crippen LogP contribution in [0.15, 0.2) is 12.1 Å². The zero-order valence-electron chi connectivity index (χ0n) is 5.36. The van der Waals surface area contributed by atoms with Gasteiger partial charge in [-0.15, -0.1) is 0 Å². The van der Waals surface area contributed by atoms with Crippen LogP contribution in [-0.2, 0) is 0 Å². The van der Waals surface area contributed by atoms with Gasteiger partial charge >= 0.3 is 83.9 Å². The van der Waals surface area contributed by atoms with E-state index in [1.165, 1.54) is 0 Å². The Morgan fingerprint density at radius 2 is 1.90 bits per heavy atom. The van der Waals surface area contributed by atoms with Crippen molar-refractivity contribution in [2.45, 2.75) is 0 Å². The van der Waals surface area contributed by atoms with Gasteiger partial charge in [-0.1, -0.05) is 0 Å². The molecule has 10 heavy (non-hydrogen) atoms. The van der Waals surface area contributed by atoms with Crippen molar-refractivity contribution in [3.05, 3.63) is 22.2 Å². The second-order valence-corrected chi connectivity index (χ2v) is 5.89. The summed E-state index contributed by atoms with van der Waals surface area (Å²) in [5.74, 6) is 0.0139. The van der Waals surface area contributed by atoms with E-state index in [0.717, 1.165) is 3.32 Å². The fourth-order valence-corrected chi connectivity index (χ4v) is 2.16. The van der Waals surface area contributed by atoms with Gasteiger partial charge in [0.05, 0.1) is 0 Å². The zero-order valence-corrected chi connectivity index (χ0v) is 12.6. The van der Waals surface area contributed by atoms with Gasteiger partial charge in [-0.05, 0) is 0 Å². The van der Waals surface area contributed by atoms with Crippen molar-refractivity contribution in [2.75, 3.05) is 0 Å². The van der Waals surface area contributed by atoms with Crippen molar-refractivity contribution in [3.8, 4) is 5.75 Å². The molecular formula is C6H5Cl2InO. The molecule has 1 aromatic rings. The zero-order chi connectivity index (χ0) is 7.72. The monoisotopic (exact) mass is 278 g/mol. The van der Waals surface area contributed by atoms with E-state index in [9.17, 15) is 0 Å². The van der Waals surface area contributed by atoms with E-state index in [1.54, 1.807) is 6.07 Å². The summed E-state index contributed by atoms with van der Waals surface area (Å²) in [4.78, 5) is 0. The molecule has 0 heterocycles. The number of phenolic OH excluding ortho intramolecular Hbond substituents is 1. The number of phenols is 1. The molecule has 0 amide bonds. The van der Waals surface area contributed by atoms with Crippen LogP contribution in [0.4, 0.5) is 0 Å². The van der Waals surface area contributed by atoms with Gasteiger partial charge in [0, 0.05) is 0 Å². The first kappa shape index (κ1) is 8.57. The Labute approximate surface area is 83.5 Å². The van der Waals surface area contributed by atoms with E-state index < -0.39 is 0 Å². The maximum absolute atomic E-state index is 9.16. The van der Waals surface area contributed by atoms with Crippen LogP contribution < -0.4 is 3.32 Å². The number of rotatable bonds is 0. The summed E-state index contributed by atoms with van der Waals surface area (Å²) in [6, 6.07) is 3.51. The summed E-state index contributed by atoms with van der Waals surface area (Å²) in [6.07, 6.45) is 0. The predicted molar refractivity (Wildman–Crippen MR) is 46.3 cm³/mol. The molecule has 0 radical (unpaired) electrons. The number of halogens is 2. The van der Waals surface area contributed by atoms with Crippen molar-refractivity contribution >= 4 is 50.9 Å². The van der Waals surface area contributed by atoms with Gasteiger partial charge in [0.25, 0.3) is 0 Å². The van der Waals surface area contributed by atoms with Gasteiger partial charge < -0.3 is 0 Å². The van der Waals surface area contributed by atoms with Crippen LogP contribution in [0, 0.1) is 0 Å². The first-order chi connectivity index (χ1) is 4.63. The third-order valence-corrected chi connectivity index (χ3v) is 5.33. The molecule has 0 spiro atoms. The van der Waals surface area contributed by atoms with Gasteiger partial charge in [-0.3, -0.25) is 0 Å². The number of hydrogen-bond acceptors (Lipinski definition) is 1. The molecule has 1 aromatic carbocycles. The number of benzene rings is 1. The Kier molecular flexibility index (Phi) is 2.78. The Bertz CT molecular complexity index is 235. The molecule has 0 aromatic heterocycles. The molecule has 1 N–H and O–H groups in total. The number of hydrogen-bond donors (Lipinski definition) is 1.